The lowest BCUT2D eigenvalue weighted by Gasteiger charge is -2.31. The molecule has 0 atom stereocenters. The highest BCUT2D eigenvalue weighted by Crippen LogP contribution is 2.11. The summed E-state index contributed by atoms with van der Waals surface area (Å²) in [6.45, 7) is 2.41. The first-order valence-electron chi connectivity index (χ1n) is 6.78. The van der Waals surface area contributed by atoms with Crippen LogP contribution in [0.5, 0.6) is 0 Å². The van der Waals surface area contributed by atoms with E-state index in [9.17, 15) is 9.18 Å². The Kier molecular flexibility index (Phi) is 4.90. The topological polar surface area (TPSA) is 50.2 Å². The maximum absolute atomic E-state index is 12.1. The number of likely N-dealkylation sites (tertiary alicyclic amines) is 1. The van der Waals surface area contributed by atoms with Crippen molar-refractivity contribution in [3.05, 3.63) is 18.0 Å². The van der Waals surface area contributed by atoms with Crippen molar-refractivity contribution in [2.45, 2.75) is 25.3 Å². The minimum atomic E-state index is -0.254. The molecule has 0 bridgehead atoms. The van der Waals surface area contributed by atoms with Crippen molar-refractivity contribution < 1.29 is 9.18 Å². The van der Waals surface area contributed by atoms with Gasteiger partial charge in [0.25, 0.3) is 5.91 Å². The van der Waals surface area contributed by atoms with Gasteiger partial charge in [-0.05, 0) is 25.3 Å². The number of hydrogen-bond acceptors (Lipinski definition) is 3. The molecule has 2 heterocycles. The lowest BCUT2D eigenvalue weighted by atomic mass is 10.0. The van der Waals surface area contributed by atoms with Crippen LogP contribution in [0.4, 0.5) is 4.39 Å². The van der Waals surface area contributed by atoms with Crippen LogP contribution >= 0.6 is 0 Å². The first kappa shape index (κ1) is 14.0. The SMILES string of the molecule is Cn1ccc(C(=O)NC2CCN(CCCF)CC2)n1. The summed E-state index contributed by atoms with van der Waals surface area (Å²) in [4.78, 5) is 14.2. The number of carbonyl (C=O) groups is 1. The van der Waals surface area contributed by atoms with E-state index in [1.54, 1.807) is 24.0 Å². The molecule has 1 amide bonds. The molecule has 1 aromatic rings. The second-order valence-electron chi connectivity index (χ2n) is 5.01. The lowest BCUT2D eigenvalue weighted by Crippen LogP contribution is -2.45. The van der Waals surface area contributed by atoms with Crippen LogP contribution in [0.15, 0.2) is 12.3 Å². The van der Waals surface area contributed by atoms with Gasteiger partial charge < -0.3 is 10.2 Å². The summed E-state index contributed by atoms with van der Waals surface area (Å²) < 4.78 is 13.7. The summed E-state index contributed by atoms with van der Waals surface area (Å²) >= 11 is 0. The van der Waals surface area contributed by atoms with E-state index >= 15 is 0 Å². The van der Waals surface area contributed by atoms with Gasteiger partial charge in [-0.1, -0.05) is 0 Å². The zero-order chi connectivity index (χ0) is 13.7. The van der Waals surface area contributed by atoms with E-state index in [1.165, 1.54) is 0 Å². The molecule has 1 N–H and O–H groups in total. The highest BCUT2D eigenvalue weighted by atomic mass is 19.1. The number of nitrogens with one attached hydrogen (secondary N) is 1. The van der Waals surface area contributed by atoms with Crippen molar-refractivity contribution in [1.82, 2.24) is 20.0 Å². The third kappa shape index (κ3) is 4.02. The van der Waals surface area contributed by atoms with Crippen molar-refractivity contribution in [2.24, 2.45) is 7.05 Å². The third-order valence-electron chi connectivity index (χ3n) is 3.48. The quantitative estimate of drug-likeness (QED) is 0.866. The van der Waals surface area contributed by atoms with Crippen molar-refractivity contribution in [3.8, 4) is 0 Å². The Morgan fingerprint density at radius 2 is 2.26 bits per heavy atom. The molecular formula is C13H21FN4O. The molecule has 1 aromatic heterocycles. The molecule has 0 aromatic carbocycles. The normalized spacial score (nSPS) is 17.6. The zero-order valence-corrected chi connectivity index (χ0v) is 11.3. The average Bonchev–Trinajstić information content (AvgIpc) is 2.85. The number of aryl methyl sites for hydroxylation is 1. The number of carbonyl (C=O) groups excluding carboxylic acids is 1. The van der Waals surface area contributed by atoms with E-state index in [0.29, 0.717) is 12.1 Å². The summed E-state index contributed by atoms with van der Waals surface area (Å²) in [6, 6.07) is 1.92. The Morgan fingerprint density at radius 1 is 1.53 bits per heavy atom. The fourth-order valence-electron chi connectivity index (χ4n) is 2.38. The van der Waals surface area contributed by atoms with E-state index < -0.39 is 0 Å². The molecule has 1 fully saturated rings. The molecule has 2 rings (SSSR count). The molecule has 19 heavy (non-hydrogen) atoms. The van der Waals surface area contributed by atoms with Crippen molar-refractivity contribution in [3.63, 3.8) is 0 Å². The van der Waals surface area contributed by atoms with E-state index in [-0.39, 0.29) is 18.6 Å². The number of amides is 1. The Labute approximate surface area is 112 Å². The number of nitrogens with zero attached hydrogens (tertiary/aromatic N) is 3. The summed E-state index contributed by atoms with van der Waals surface area (Å²) in [5.74, 6) is -0.109. The highest BCUT2D eigenvalue weighted by molar-refractivity contribution is 5.92. The lowest BCUT2D eigenvalue weighted by molar-refractivity contribution is 0.0904. The highest BCUT2D eigenvalue weighted by Gasteiger charge is 2.21. The van der Waals surface area contributed by atoms with Gasteiger partial charge in [0.15, 0.2) is 0 Å². The Bertz CT molecular complexity index is 413. The van der Waals surface area contributed by atoms with Crippen molar-refractivity contribution in [1.29, 1.82) is 0 Å². The average molecular weight is 268 g/mol. The molecule has 0 radical (unpaired) electrons. The number of aromatic nitrogens is 2. The van der Waals surface area contributed by atoms with Gasteiger partial charge in [-0.15, -0.1) is 0 Å². The van der Waals surface area contributed by atoms with Gasteiger partial charge in [0.05, 0.1) is 6.67 Å². The maximum atomic E-state index is 12.1. The Balaban J connectivity index is 1.75. The molecule has 0 saturated carbocycles. The van der Waals surface area contributed by atoms with Gasteiger partial charge in [0.1, 0.15) is 5.69 Å². The number of piperidine rings is 1. The fourth-order valence-corrected chi connectivity index (χ4v) is 2.38. The zero-order valence-electron chi connectivity index (χ0n) is 11.3. The van der Waals surface area contributed by atoms with Crippen LogP contribution in [-0.4, -0.2) is 52.9 Å². The van der Waals surface area contributed by atoms with Gasteiger partial charge in [-0.2, -0.15) is 5.10 Å². The van der Waals surface area contributed by atoms with Gasteiger partial charge in [-0.3, -0.25) is 13.9 Å². The van der Waals surface area contributed by atoms with Crippen LogP contribution in [-0.2, 0) is 7.05 Å². The van der Waals surface area contributed by atoms with Gasteiger partial charge in [0.2, 0.25) is 0 Å². The smallest absolute Gasteiger partial charge is 0.271 e. The largest absolute Gasteiger partial charge is 0.348 e. The second kappa shape index (κ2) is 6.65. The summed E-state index contributed by atoms with van der Waals surface area (Å²) in [5.41, 5.74) is 0.461. The van der Waals surface area contributed by atoms with Crippen LogP contribution in [0, 0.1) is 0 Å². The number of alkyl halides is 1. The summed E-state index contributed by atoms with van der Waals surface area (Å²) in [7, 11) is 1.79. The molecule has 6 heteroatoms. The summed E-state index contributed by atoms with van der Waals surface area (Å²) in [6.07, 6.45) is 4.20. The second-order valence-corrected chi connectivity index (χ2v) is 5.01. The van der Waals surface area contributed by atoms with Crippen LogP contribution in [0.2, 0.25) is 0 Å². The molecule has 5 nitrogen and oxygen atoms in total. The fraction of sp³-hybridized carbons (Fsp3) is 0.692. The first-order chi connectivity index (χ1) is 9.19. The minimum absolute atomic E-state index is 0.109. The van der Waals surface area contributed by atoms with Crippen LogP contribution in [0.1, 0.15) is 29.8 Å². The van der Waals surface area contributed by atoms with E-state index in [4.69, 9.17) is 0 Å². The van der Waals surface area contributed by atoms with Crippen LogP contribution in [0.25, 0.3) is 0 Å². The predicted octanol–water partition coefficient (Wildman–Crippen LogP) is 0.974. The minimum Gasteiger partial charge on any atom is -0.348 e. The van der Waals surface area contributed by atoms with Gasteiger partial charge in [0, 0.05) is 38.9 Å². The van der Waals surface area contributed by atoms with E-state index in [1.807, 2.05) is 0 Å². The molecule has 0 unspecified atom stereocenters. The maximum Gasteiger partial charge on any atom is 0.271 e. The molecule has 1 aliphatic heterocycles. The number of hydrogen-bond donors (Lipinski definition) is 1. The Morgan fingerprint density at radius 3 is 2.84 bits per heavy atom. The van der Waals surface area contributed by atoms with Crippen molar-refractivity contribution in [2.75, 3.05) is 26.3 Å². The molecule has 1 saturated heterocycles. The number of rotatable bonds is 5. The molecule has 1 aliphatic rings. The first-order valence-corrected chi connectivity index (χ1v) is 6.78. The molecular weight excluding hydrogens is 247 g/mol. The monoisotopic (exact) mass is 268 g/mol. The third-order valence-corrected chi connectivity index (χ3v) is 3.48. The van der Waals surface area contributed by atoms with Gasteiger partial charge in [-0.25, -0.2) is 0 Å². The van der Waals surface area contributed by atoms with Crippen LogP contribution in [0.3, 0.4) is 0 Å². The van der Waals surface area contributed by atoms with E-state index in [2.05, 4.69) is 15.3 Å². The predicted molar refractivity (Wildman–Crippen MR) is 70.7 cm³/mol. The van der Waals surface area contributed by atoms with E-state index in [0.717, 1.165) is 32.5 Å². The van der Waals surface area contributed by atoms with Crippen molar-refractivity contribution >= 4 is 5.91 Å². The molecule has 0 aliphatic carbocycles. The van der Waals surface area contributed by atoms with Gasteiger partial charge >= 0.3 is 0 Å². The number of halogens is 1. The summed E-state index contributed by atoms with van der Waals surface area (Å²) in [5, 5.41) is 7.09. The molecule has 106 valence electrons. The Hall–Kier alpha value is -1.43. The molecule has 0 spiro atoms. The standard InChI is InChI=1S/C13H21FN4O/c1-17-8-5-12(16-17)13(19)15-11-3-9-18(10-4-11)7-2-6-14/h5,8,11H,2-4,6-7,9-10H2,1H3,(H,15,19). The van der Waals surface area contributed by atoms with Crippen LogP contribution < -0.4 is 5.32 Å².